The minimum Gasteiger partial charge on any atom is -0.341 e. The van der Waals surface area contributed by atoms with E-state index in [-0.39, 0.29) is 17.7 Å². The zero-order chi connectivity index (χ0) is 24.6. The minimum absolute atomic E-state index is 0.0358. The van der Waals surface area contributed by atoms with Crippen molar-refractivity contribution in [3.63, 3.8) is 0 Å². The molecule has 0 saturated carbocycles. The van der Waals surface area contributed by atoms with E-state index in [9.17, 15) is 18.0 Å². The van der Waals surface area contributed by atoms with E-state index in [1.807, 2.05) is 35.8 Å². The minimum atomic E-state index is -3.17. The Labute approximate surface area is 200 Å². The van der Waals surface area contributed by atoms with Crippen molar-refractivity contribution in [2.24, 2.45) is 5.92 Å². The first-order valence-corrected chi connectivity index (χ1v) is 14.0. The fraction of sp³-hybridized carbons (Fsp3) is 0.680. The number of sulfone groups is 1. The summed E-state index contributed by atoms with van der Waals surface area (Å²) in [5.74, 6) is 0.238. The Bertz CT molecular complexity index is 883. The van der Waals surface area contributed by atoms with E-state index in [4.69, 9.17) is 0 Å². The zero-order valence-corrected chi connectivity index (χ0v) is 21.7. The summed E-state index contributed by atoms with van der Waals surface area (Å²) < 4.78 is 23.3. The maximum Gasteiger partial charge on any atom is 0.225 e. The summed E-state index contributed by atoms with van der Waals surface area (Å²) in [6.45, 7) is 12.6. The van der Waals surface area contributed by atoms with Crippen molar-refractivity contribution in [3.05, 3.63) is 29.8 Å². The van der Waals surface area contributed by atoms with Crippen molar-refractivity contribution < 1.29 is 18.0 Å². The normalized spacial score (nSPS) is 16.4. The molecular weight excluding hydrogens is 438 g/mol. The summed E-state index contributed by atoms with van der Waals surface area (Å²) in [4.78, 5) is 31.2. The molecule has 1 aliphatic heterocycles. The van der Waals surface area contributed by atoms with Crippen LogP contribution in [0, 0.1) is 5.92 Å². The van der Waals surface area contributed by atoms with E-state index in [2.05, 4.69) is 18.7 Å². The van der Waals surface area contributed by atoms with Gasteiger partial charge in [0, 0.05) is 50.8 Å². The van der Waals surface area contributed by atoms with Crippen molar-refractivity contribution in [1.82, 2.24) is 14.7 Å². The number of rotatable bonds is 11. The van der Waals surface area contributed by atoms with Gasteiger partial charge < -0.3 is 14.7 Å². The summed E-state index contributed by atoms with van der Waals surface area (Å²) in [5.41, 5.74) is 1.13. The number of unbranched alkanes of at least 4 members (excludes halogenated alkanes) is 1. The van der Waals surface area contributed by atoms with E-state index < -0.39 is 9.84 Å². The number of carbonyl (C=O) groups is 2. The van der Waals surface area contributed by atoms with Crippen LogP contribution in [0.15, 0.2) is 29.2 Å². The Morgan fingerprint density at radius 1 is 1.06 bits per heavy atom. The topological polar surface area (TPSA) is 78.0 Å². The zero-order valence-electron chi connectivity index (χ0n) is 20.9. The van der Waals surface area contributed by atoms with Crippen LogP contribution in [0.2, 0.25) is 0 Å². The summed E-state index contributed by atoms with van der Waals surface area (Å²) >= 11 is 0. The maximum atomic E-state index is 12.5. The van der Waals surface area contributed by atoms with Gasteiger partial charge in [0.2, 0.25) is 11.8 Å². The fourth-order valence-corrected chi connectivity index (χ4v) is 4.97. The van der Waals surface area contributed by atoms with Crippen molar-refractivity contribution >= 4 is 21.7 Å². The van der Waals surface area contributed by atoms with Crippen molar-refractivity contribution in [2.45, 2.75) is 64.3 Å². The summed E-state index contributed by atoms with van der Waals surface area (Å²) in [6, 6.07) is 7.51. The molecule has 7 nitrogen and oxygen atoms in total. The second-order valence-electron chi connectivity index (χ2n) is 9.42. The molecule has 0 aliphatic carbocycles. The summed E-state index contributed by atoms with van der Waals surface area (Å²) in [6.07, 6.45) is 4.44. The molecule has 1 fully saturated rings. The second kappa shape index (κ2) is 12.5. The van der Waals surface area contributed by atoms with Crippen LogP contribution in [-0.4, -0.2) is 86.5 Å². The second-order valence-corrected chi connectivity index (χ2v) is 11.4. The Hall–Kier alpha value is -1.93. The number of hydrogen-bond donors (Lipinski definition) is 0. The summed E-state index contributed by atoms with van der Waals surface area (Å²) in [7, 11) is -3.17. The Balaban J connectivity index is 1.78. The molecular formula is C25H41N3O4S. The lowest BCUT2D eigenvalue weighted by Gasteiger charge is -2.28. The lowest BCUT2D eigenvalue weighted by molar-refractivity contribution is -0.134. The van der Waals surface area contributed by atoms with Crippen LogP contribution in [0.5, 0.6) is 0 Å². The van der Waals surface area contributed by atoms with E-state index >= 15 is 0 Å². The smallest absolute Gasteiger partial charge is 0.225 e. The highest BCUT2D eigenvalue weighted by molar-refractivity contribution is 7.90. The number of likely N-dealkylation sites (N-methyl/N-ethyl adjacent to an activating group) is 1. The Morgan fingerprint density at radius 2 is 1.73 bits per heavy atom. The first kappa shape index (κ1) is 27.3. The number of carbonyl (C=O) groups excluding carboxylic acids is 2. The molecule has 33 heavy (non-hydrogen) atoms. The molecule has 0 bridgehead atoms. The maximum absolute atomic E-state index is 12.5. The van der Waals surface area contributed by atoms with Gasteiger partial charge >= 0.3 is 0 Å². The van der Waals surface area contributed by atoms with Gasteiger partial charge in [0.1, 0.15) is 0 Å². The molecule has 8 heteroatoms. The molecule has 1 heterocycles. The summed E-state index contributed by atoms with van der Waals surface area (Å²) in [5, 5.41) is 0. The molecule has 0 radical (unpaired) electrons. The Morgan fingerprint density at radius 3 is 2.30 bits per heavy atom. The third kappa shape index (κ3) is 8.41. The Kier molecular flexibility index (Phi) is 10.4. The number of hydrogen-bond acceptors (Lipinski definition) is 5. The van der Waals surface area contributed by atoms with Gasteiger partial charge in [0.15, 0.2) is 9.84 Å². The standard InChI is InChI=1S/C25H41N3O4S/c1-6-26(21(4)19-22-9-11-23(12-10-22)33(5,31)32)14-7-8-15-27-17-18-28(16-13-24(27)29)25(30)20(2)3/h9-12,20-21H,6-8,13-19H2,1-5H3. The van der Waals surface area contributed by atoms with Gasteiger partial charge in [-0.3, -0.25) is 9.59 Å². The number of amides is 2. The molecule has 1 aromatic carbocycles. The molecule has 0 aromatic heterocycles. The van der Waals surface area contributed by atoms with Gasteiger partial charge in [-0.15, -0.1) is 0 Å². The molecule has 186 valence electrons. The van der Waals surface area contributed by atoms with Crippen LogP contribution in [0.25, 0.3) is 0 Å². The third-order valence-corrected chi connectivity index (χ3v) is 7.56. The van der Waals surface area contributed by atoms with Gasteiger partial charge in [-0.05, 0) is 57.0 Å². The van der Waals surface area contributed by atoms with E-state index in [0.29, 0.717) is 37.0 Å². The van der Waals surface area contributed by atoms with Gasteiger partial charge in [-0.1, -0.05) is 32.9 Å². The highest BCUT2D eigenvalue weighted by Gasteiger charge is 2.24. The molecule has 0 spiro atoms. The van der Waals surface area contributed by atoms with E-state index in [1.165, 1.54) is 6.26 Å². The highest BCUT2D eigenvalue weighted by atomic mass is 32.2. The van der Waals surface area contributed by atoms with Crippen LogP contribution in [0.3, 0.4) is 0 Å². The number of nitrogens with zero attached hydrogens (tertiary/aromatic N) is 3. The third-order valence-electron chi connectivity index (χ3n) is 6.43. The molecule has 2 amide bonds. The monoisotopic (exact) mass is 479 g/mol. The quantitative estimate of drug-likeness (QED) is 0.456. The van der Waals surface area contributed by atoms with Crippen LogP contribution in [-0.2, 0) is 25.8 Å². The fourth-order valence-electron chi connectivity index (χ4n) is 4.34. The van der Waals surface area contributed by atoms with Crippen molar-refractivity contribution in [1.29, 1.82) is 0 Å². The lowest BCUT2D eigenvalue weighted by atomic mass is 10.1. The molecule has 2 rings (SSSR count). The average molecular weight is 480 g/mol. The SMILES string of the molecule is CCN(CCCCN1CCN(C(=O)C(C)C)CCC1=O)C(C)Cc1ccc(S(C)(=O)=O)cc1. The number of benzene rings is 1. The van der Waals surface area contributed by atoms with Crippen LogP contribution >= 0.6 is 0 Å². The average Bonchev–Trinajstić information content (AvgIpc) is 2.94. The first-order chi connectivity index (χ1) is 15.5. The van der Waals surface area contributed by atoms with Gasteiger partial charge in [-0.2, -0.15) is 0 Å². The largest absolute Gasteiger partial charge is 0.341 e. The van der Waals surface area contributed by atoms with Crippen molar-refractivity contribution in [2.75, 3.05) is 45.5 Å². The van der Waals surface area contributed by atoms with Crippen LogP contribution in [0.4, 0.5) is 0 Å². The van der Waals surface area contributed by atoms with Crippen LogP contribution in [0.1, 0.15) is 52.5 Å². The molecule has 1 saturated heterocycles. The predicted octanol–water partition coefficient (Wildman–Crippen LogP) is 2.84. The van der Waals surface area contributed by atoms with Crippen molar-refractivity contribution in [3.8, 4) is 0 Å². The molecule has 1 aliphatic rings. The lowest BCUT2D eigenvalue weighted by Crippen LogP contribution is -2.38. The predicted molar refractivity (Wildman–Crippen MR) is 132 cm³/mol. The van der Waals surface area contributed by atoms with Gasteiger partial charge in [-0.25, -0.2) is 8.42 Å². The molecule has 0 N–H and O–H groups in total. The first-order valence-electron chi connectivity index (χ1n) is 12.1. The van der Waals surface area contributed by atoms with Gasteiger partial charge in [0.05, 0.1) is 4.90 Å². The van der Waals surface area contributed by atoms with Crippen LogP contribution < -0.4 is 0 Å². The molecule has 1 atom stereocenters. The highest BCUT2D eigenvalue weighted by Crippen LogP contribution is 2.15. The molecule has 1 aromatic rings. The van der Waals surface area contributed by atoms with Gasteiger partial charge in [0.25, 0.3) is 0 Å². The van der Waals surface area contributed by atoms with E-state index in [0.717, 1.165) is 44.5 Å². The molecule has 1 unspecified atom stereocenters. The van der Waals surface area contributed by atoms with E-state index in [1.54, 1.807) is 12.1 Å².